The second kappa shape index (κ2) is 6.35. The number of rotatable bonds is 0. The molecular weight excluding hydrogens is 314 g/mol. The third-order valence-corrected chi connectivity index (χ3v) is 2.38. The molecule has 0 nitrogen and oxygen atoms in total. The molecule has 11 heavy (non-hydrogen) atoms. The Morgan fingerprint density at radius 2 is 1.36 bits per heavy atom. The number of hydrogen-bond acceptors (Lipinski definition) is 0. The lowest BCUT2D eigenvalue weighted by Gasteiger charge is -1.98. The van der Waals surface area contributed by atoms with Gasteiger partial charge < -0.3 is 0 Å². The predicted molar refractivity (Wildman–Crippen MR) is 61.7 cm³/mol. The van der Waals surface area contributed by atoms with E-state index in [0.29, 0.717) is 0 Å². The lowest BCUT2D eigenvalue weighted by Crippen LogP contribution is -2.04. The van der Waals surface area contributed by atoms with Crippen molar-refractivity contribution in [2.24, 2.45) is 0 Å². The maximum absolute atomic E-state index is 5.59. The number of halogens is 4. The molecule has 0 saturated carbocycles. The van der Waals surface area contributed by atoms with E-state index in [4.69, 9.17) is 7.85 Å². The maximum atomic E-state index is 5.59. The van der Waals surface area contributed by atoms with Crippen LogP contribution in [0.3, 0.4) is 0 Å². The van der Waals surface area contributed by atoms with Gasteiger partial charge in [-0.25, -0.2) is 0 Å². The van der Waals surface area contributed by atoms with Gasteiger partial charge >= 0.3 is 0 Å². The van der Waals surface area contributed by atoms with Crippen LogP contribution in [-0.4, -0.2) is 7.85 Å². The molecule has 0 aliphatic heterocycles. The lowest BCUT2D eigenvalue weighted by molar-refractivity contribution is 1.67. The second-order valence-corrected chi connectivity index (χ2v) is 3.34. The zero-order valence-corrected chi connectivity index (χ0v) is 10.2. The van der Waals surface area contributed by atoms with E-state index < -0.39 is 0 Å². The fourth-order valence-corrected chi connectivity index (χ4v) is 1.51. The maximum Gasteiger partial charge on any atom is 0.116 e. The van der Waals surface area contributed by atoms with Crippen molar-refractivity contribution in [1.29, 1.82) is 0 Å². The molecule has 5 heteroatoms. The van der Waals surface area contributed by atoms with E-state index in [1.807, 2.05) is 18.2 Å². The number of hydrogen-bond donors (Lipinski definition) is 0. The molecule has 0 spiro atoms. The van der Waals surface area contributed by atoms with Crippen LogP contribution in [0.5, 0.6) is 0 Å². The zero-order valence-electron chi connectivity index (χ0n) is 5.38. The molecule has 0 N–H and O–H groups in total. The smallest absolute Gasteiger partial charge is 0.116 e. The van der Waals surface area contributed by atoms with Crippen LogP contribution in [0.1, 0.15) is 0 Å². The van der Waals surface area contributed by atoms with Crippen LogP contribution in [0, 0.1) is 0 Å². The van der Waals surface area contributed by atoms with Crippen molar-refractivity contribution >= 4 is 70.0 Å². The molecule has 0 bridgehead atoms. The Morgan fingerprint density at radius 3 is 1.64 bits per heavy atom. The van der Waals surface area contributed by atoms with Gasteiger partial charge in [-0.1, -0.05) is 43.4 Å². The highest BCUT2D eigenvalue weighted by atomic mass is 79.9. The fourth-order valence-electron chi connectivity index (χ4n) is 0.511. The van der Waals surface area contributed by atoms with E-state index in [9.17, 15) is 0 Å². The summed E-state index contributed by atoms with van der Waals surface area (Å²) >= 11 is 6.58. The van der Waals surface area contributed by atoms with Crippen LogP contribution in [0.15, 0.2) is 27.1 Å². The first-order valence-corrected chi connectivity index (χ1v) is 4.00. The third-order valence-electron chi connectivity index (χ3n) is 1.000. The van der Waals surface area contributed by atoms with Crippen molar-refractivity contribution < 1.29 is 0 Å². The average molecular weight is 319 g/mol. The summed E-state index contributed by atoms with van der Waals surface area (Å²) in [5.41, 5.74) is 0.748. The van der Waals surface area contributed by atoms with Crippen LogP contribution >= 0.6 is 56.7 Å². The molecule has 1 aromatic carbocycles. The summed E-state index contributed by atoms with van der Waals surface area (Å²) in [7, 11) is 5.59. The van der Waals surface area contributed by atoms with E-state index in [0.717, 1.165) is 14.4 Å². The van der Waals surface area contributed by atoms with Crippen molar-refractivity contribution in [1.82, 2.24) is 0 Å². The molecule has 0 saturated heterocycles. The molecule has 0 unspecified atom stereocenters. The first-order chi connectivity index (χ1) is 4.22. The molecule has 2 radical (unpaired) electrons. The van der Waals surface area contributed by atoms with Crippen LogP contribution in [0.25, 0.3) is 0 Å². The van der Waals surface area contributed by atoms with Crippen LogP contribution < -0.4 is 5.46 Å². The Morgan fingerprint density at radius 1 is 1.00 bits per heavy atom. The average Bonchev–Trinajstić information content (AvgIpc) is 1.83. The third kappa shape index (κ3) is 3.84. The van der Waals surface area contributed by atoms with Gasteiger partial charge in [0.1, 0.15) is 7.85 Å². The summed E-state index contributed by atoms with van der Waals surface area (Å²) in [5, 5.41) is 0. The van der Waals surface area contributed by atoms with E-state index in [2.05, 4.69) is 31.9 Å². The molecule has 0 aliphatic rings. The van der Waals surface area contributed by atoms with E-state index in [1.165, 1.54) is 0 Å². The minimum Gasteiger partial charge on any atom is -0.147 e. The molecular formula is C6H5BBr2Cl2. The van der Waals surface area contributed by atoms with Gasteiger partial charge in [-0.3, -0.25) is 0 Å². The standard InChI is InChI=1S/C6H3BBr2.2ClH/c7-6-4(8)2-1-3-5(6)9;;/h1-3H;2*1H. The van der Waals surface area contributed by atoms with Gasteiger partial charge in [0.25, 0.3) is 0 Å². The topological polar surface area (TPSA) is 0 Å². The Bertz CT molecular complexity index is 210. The largest absolute Gasteiger partial charge is 0.147 e. The summed E-state index contributed by atoms with van der Waals surface area (Å²) in [4.78, 5) is 0. The first kappa shape index (κ1) is 14.4. The van der Waals surface area contributed by atoms with Crippen molar-refractivity contribution in [3.63, 3.8) is 0 Å². The van der Waals surface area contributed by atoms with Crippen LogP contribution in [-0.2, 0) is 0 Å². The van der Waals surface area contributed by atoms with Gasteiger partial charge in [-0.2, -0.15) is 0 Å². The van der Waals surface area contributed by atoms with Crippen LogP contribution in [0.2, 0.25) is 0 Å². The summed E-state index contributed by atoms with van der Waals surface area (Å²) < 4.78 is 1.86. The molecule has 1 aromatic rings. The van der Waals surface area contributed by atoms with E-state index in [-0.39, 0.29) is 24.8 Å². The van der Waals surface area contributed by atoms with Crippen LogP contribution in [0.4, 0.5) is 0 Å². The van der Waals surface area contributed by atoms with E-state index >= 15 is 0 Å². The summed E-state index contributed by atoms with van der Waals surface area (Å²) in [5.74, 6) is 0. The predicted octanol–water partition coefficient (Wildman–Crippen LogP) is 2.85. The second-order valence-electron chi connectivity index (χ2n) is 1.64. The Labute approximate surface area is 96.6 Å². The zero-order chi connectivity index (χ0) is 6.85. The molecule has 60 valence electrons. The highest BCUT2D eigenvalue weighted by Crippen LogP contribution is 2.11. The van der Waals surface area contributed by atoms with Crippen molar-refractivity contribution in [2.75, 3.05) is 0 Å². The van der Waals surface area contributed by atoms with Gasteiger partial charge in [-0.05, 0) is 12.1 Å². The van der Waals surface area contributed by atoms with Gasteiger partial charge in [0.15, 0.2) is 0 Å². The highest BCUT2D eigenvalue weighted by Gasteiger charge is 1.94. The van der Waals surface area contributed by atoms with Gasteiger partial charge in [-0.15, -0.1) is 24.8 Å². The van der Waals surface area contributed by atoms with Gasteiger partial charge in [0.05, 0.1) is 0 Å². The molecule has 0 aliphatic carbocycles. The molecule has 0 atom stereocenters. The van der Waals surface area contributed by atoms with Crippen molar-refractivity contribution in [3.8, 4) is 0 Å². The Kier molecular flexibility index (Phi) is 8.29. The molecule has 0 aromatic heterocycles. The highest BCUT2D eigenvalue weighted by molar-refractivity contribution is 9.11. The van der Waals surface area contributed by atoms with Gasteiger partial charge in [0, 0.05) is 8.95 Å². The minimum absolute atomic E-state index is 0. The minimum atomic E-state index is 0. The van der Waals surface area contributed by atoms with Crippen molar-refractivity contribution in [3.05, 3.63) is 27.1 Å². The quantitative estimate of drug-likeness (QED) is 0.645. The molecule has 0 fully saturated rings. The van der Waals surface area contributed by atoms with Crippen molar-refractivity contribution in [2.45, 2.75) is 0 Å². The Balaban J connectivity index is 0. The summed E-state index contributed by atoms with van der Waals surface area (Å²) in [6.45, 7) is 0. The number of benzene rings is 1. The SMILES string of the molecule is Cl.Cl.[B]c1c(Br)cccc1Br. The first-order valence-electron chi connectivity index (χ1n) is 2.41. The van der Waals surface area contributed by atoms with Gasteiger partial charge in [0.2, 0.25) is 0 Å². The molecule has 1 rings (SSSR count). The normalized spacial score (nSPS) is 7.82. The monoisotopic (exact) mass is 316 g/mol. The Hall–Kier alpha value is 0.825. The summed E-state index contributed by atoms with van der Waals surface area (Å²) in [6.07, 6.45) is 0. The fraction of sp³-hybridized carbons (Fsp3) is 0. The summed E-state index contributed by atoms with van der Waals surface area (Å²) in [6, 6.07) is 5.73. The lowest BCUT2D eigenvalue weighted by atomic mass is 9.97. The van der Waals surface area contributed by atoms with E-state index in [1.54, 1.807) is 0 Å². The molecule has 0 amide bonds. The molecule has 0 heterocycles.